The lowest BCUT2D eigenvalue weighted by atomic mass is 10.2. The molecule has 0 aliphatic carbocycles. The van der Waals surface area contributed by atoms with Gasteiger partial charge in [0.05, 0.1) is 0 Å². The Balaban J connectivity index is 0.00000144. The van der Waals surface area contributed by atoms with Crippen LogP contribution < -0.4 is 28.5 Å². The zero-order valence-electron chi connectivity index (χ0n) is 10.1. The second-order valence-corrected chi connectivity index (χ2v) is 3.90. The maximum atomic E-state index is 2.18. The largest absolute Gasteiger partial charge is 1.00 e. The summed E-state index contributed by atoms with van der Waals surface area (Å²) in [6.07, 6.45) is 4.27. The number of hydrogen-bond acceptors (Lipinski definition) is 0. The van der Waals surface area contributed by atoms with E-state index in [1.54, 1.807) is 0 Å². The molecule has 1 nitrogen and oxygen atoms in total. The van der Waals surface area contributed by atoms with Crippen molar-refractivity contribution in [3.8, 4) is 0 Å². The van der Waals surface area contributed by atoms with Crippen LogP contribution in [0.4, 0.5) is 0 Å². The zero-order valence-corrected chi connectivity index (χ0v) is 12.3. The number of rotatable bonds is 2. The van der Waals surface area contributed by atoms with Gasteiger partial charge in [0.25, 0.3) is 0 Å². The van der Waals surface area contributed by atoms with Crippen molar-refractivity contribution in [2.75, 3.05) is 0 Å². The van der Waals surface area contributed by atoms with Gasteiger partial charge in [-0.15, -0.1) is 0 Å². The topological polar surface area (TPSA) is 3.88 Å². The Hall–Kier alpha value is -1.16. The summed E-state index contributed by atoms with van der Waals surface area (Å²) in [6.45, 7) is 2.11. The number of pyridine rings is 1. The molecule has 0 aliphatic rings. The summed E-state index contributed by atoms with van der Waals surface area (Å²) in [4.78, 5) is 0. The summed E-state index contributed by atoms with van der Waals surface area (Å²) in [5.41, 5.74) is 3.70. The minimum absolute atomic E-state index is 0. The summed E-state index contributed by atoms with van der Waals surface area (Å²) in [6, 6.07) is 16.7. The van der Waals surface area contributed by atoms with Crippen LogP contribution >= 0.6 is 0 Å². The Morgan fingerprint density at radius 1 is 0.882 bits per heavy atom. The van der Waals surface area contributed by atoms with E-state index >= 15 is 0 Å². The number of benzene rings is 1. The van der Waals surface area contributed by atoms with Crippen LogP contribution in [0.15, 0.2) is 48.5 Å². The van der Waals surface area contributed by atoms with Crippen molar-refractivity contribution in [2.24, 2.45) is 7.05 Å². The average Bonchev–Trinajstić information content (AvgIpc) is 2.32. The van der Waals surface area contributed by atoms with Crippen LogP contribution in [0.2, 0.25) is 0 Å². The van der Waals surface area contributed by atoms with Gasteiger partial charge in [-0.2, -0.15) is 4.57 Å². The Labute approximate surface area is 120 Å². The maximum Gasteiger partial charge on any atom is 0.205 e. The molecule has 17 heavy (non-hydrogen) atoms. The molecule has 0 unspecified atom stereocenters. The Kier molecular flexibility index (Phi) is 5.35. The molecular formula is C15H16IN. The highest BCUT2D eigenvalue weighted by molar-refractivity contribution is 5.66. The molecule has 0 amide bonds. The Morgan fingerprint density at radius 2 is 1.59 bits per heavy atom. The van der Waals surface area contributed by atoms with Crippen molar-refractivity contribution < 1.29 is 28.5 Å². The van der Waals surface area contributed by atoms with Crippen LogP contribution in [0, 0.1) is 6.92 Å². The van der Waals surface area contributed by atoms with Gasteiger partial charge in [-0.05, 0) is 17.7 Å². The highest BCUT2D eigenvalue weighted by Crippen LogP contribution is 2.05. The van der Waals surface area contributed by atoms with Crippen LogP contribution in [-0.2, 0) is 7.05 Å². The van der Waals surface area contributed by atoms with E-state index in [-0.39, 0.29) is 24.0 Å². The quantitative estimate of drug-likeness (QED) is 0.536. The third-order valence-corrected chi connectivity index (χ3v) is 2.77. The van der Waals surface area contributed by atoms with Crippen LogP contribution in [0.1, 0.15) is 17.0 Å². The van der Waals surface area contributed by atoms with Crippen molar-refractivity contribution in [3.63, 3.8) is 0 Å². The van der Waals surface area contributed by atoms with Crippen molar-refractivity contribution in [3.05, 3.63) is 65.5 Å². The summed E-state index contributed by atoms with van der Waals surface area (Å²) >= 11 is 0. The van der Waals surface area contributed by atoms with Crippen molar-refractivity contribution in [1.29, 1.82) is 0 Å². The molecule has 0 spiro atoms. The van der Waals surface area contributed by atoms with Gasteiger partial charge in [-0.3, -0.25) is 0 Å². The smallest absolute Gasteiger partial charge is 0.205 e. The van der Waals surface area contributed by atoms with Gasteiger partial charge in [0, 0.05) is 25.1 Å². The number of halogens is 1. The Morgan fingerprint density at radius 3 is 2.29 bits per heavy atom. The fraction of sp³-hybridized carbons (Fsp3) is 0.133. The monoisotopic (exact) mass is 337 g/mol. The van der Waals surface area contributed by atoms with Crippen molar-refractivity contribution in [2.45, 2.75) is 6.92 Å². The number of nitrogens with zero attached hydrogens (tertiary/aromatic N) is 1. The number of hydrogen-bond donors (Lipinski definition) is 0. The summed E-state index contributed by atoms with van der Waals surface area (Å²) < 4.78 is 2.18. The van der Waals surface area contributed by atoms with E-state index in [9.17, 15) is 0 Å². The minimum Gasteiger partial charge on any atom is -1.00 e. The normalized spacial score (nSPS) is 10.2. The molecule has 1 aromatic heterocycles. The predicted octanol–water partition coefficient (Wildman–Crippen LogP) is -0.00608. The van der Waals surface area contributed by atoms with E-state index in [0.29, 0.717) is 0 Å². The van der Waals surface area contributed by atoms with Gasteiger partial charge in [0.1, 0.15) is 7.05 Å². The van der Waals surface area contributed by atoms with E-state index in [4.69, 9.17) is 0 Å². The third-order valence-electron chi connectivity index (χ3n) is 2.77. The fourth-order valence-electron chi connectivity index (χ4n) is 1.63. The number of aromatic nitrogens is 1. The van der Waals surface area contributed by atoms with Crippen molar-refractivity contribution >= 4 is 12.2 Å². The second-order valence-electron chi connectivity index (χ2n) is 3.90. The minimum atomic E-state index is 0. The summed E-state index contributed by atoms with van der Waals surface area (Å²) in [7, 11) is 2.08. The van der Waals surface area contributed by atoms with Crippen molar-refractivity contribution in [1.82, 2.24) is 0 Å². The molecule has 0 N–H and O–H groups in total. The van der Waals surface area contributed by atoms with Crippen LogP contribution in [0.25, 0.3) is 12.2 Å². The van der Waals surface area contributed by atoms with Gasteiger partial charge >= 0.3 is 0 Å². The van der Waals surface area contributed by atoms with Crippen LogP contribution in [-0.4, -0.2) is 0 Å². The van der Waals surface area contributed by atoms with Gasteiger partial charge in [0.2, 0.25) is 5.69 Å². The van der Waals surface area contributed by atoms with E-state index in [1.807, 2.05) is 6.07 Å². The average molecular weight is 337 g/mol. The third kappa shape index (κ3) is 3.66. The molecule has 0 bridgehead atoms. The first-order valence-electron chi connectivity index (χ1n) is 5.46. The molecule has 2 aromatic rings. The predicted molar refractivity (Wildman–Crippen MR) is 67.7 cm³/mol. The fourth-order valence-corrected chi connectivity index (χ4v) is 1.63. The van der Waals surface area contributed by atoms with E-state index in [1.165, 1.54) is 17.0 Å². The molecule has 2 heteroatoms. The van der Waals surface area contributed by atoms with E-state index < -0.39 is 0 Å². The molecule has 0 saturated carbocycles. The highest BCUT2D eigenvalue weighted by Gasteiger charge is 2.03. The van der Waals surface area contributed by atoms with Gasteiger partial charge in [0.15, 0.2) is 5.69 Å². The van der Waals surface area contributed by atoms with Gasteiger partial charge in [-0.1, -0.05) is 30.3 Å². The molecule has 0 atom stereocenters. The molecule has 2 rings (SSSR count). The lowest BCUT2D eigenvalue weighted by Crippen LogP contribution is -3.00. The molecular weight excluding hydrogens is 321 g/mol. The molecule has 0 fully saturated rings. The first kappa shape index (κ1) is 13.9. The summed E-state index contributed by atoms with van der Waals surface area (Å²) in [5.74, 6) is 0. The van der Waals surface area contributed by atoms with E-state index in [2.05, 4.69) is 73.2 Å². The lowest BCUT2D eigenvalue weighted by molar-refractivity contribution is -0.679. The zero-order chi connectivity index (χ0) is 11.4. The highest BCUT2D eigenvalue weighted by atomic mass is 127. The lowest BCUT2D eigenvalue weighted by Gasteiger charge is -1.97. The maximum absolute atomic E-state index is 2.18. The van der Waals surface area contributed by atoms with E-state index in [0.717, 1.165) is 0 Å². The summed E-state index contributed by atoms with van der Waals surface area (Å²) in [5, 5.41) is 0. The molecule has 0 radical (unpaired) electrons. The molecule has 0 saturated heterocycles. The van der Waals surface area contributed by atoms with Crippen LogP contribution in [0.5, 0.6) is 0 Å². The molecule has 0 aliphatic heterocycles. The standard InChI is InChI=1S/C15H16N.HI/c1-13-7-6-10-15(16(13)2)12-11-14-8-4-3-5-9-14;/h3-12H,1-2H3;1H/q+1;/p-1. The van der Waals surface area contributed by atoms with Gasteiger partial charge in [-0.25, -0.2) is 0 Å². The van der Waals surface area contributed by atoms with Gasteiger partial charge < -0.3 is 24.0 Å². The molecule has 88 valence electrons. The first-order chi connectivity index (χ1) is 7.77. The SMILES string of the molecule is Cc1cccc(C=Cc2ccccc2)[n+]1C.[I-]. The first-order valence-corrected chi connectivity index (χ1v) is 5.46. The molecule has 1 heterocycles. The number of aryl methyl sites for hydroxylation is 1. The van der Waals surface area contributed by atoms with Crippen LogP contribution in [0.3, 0.4) is 0 Å². The second kappa shape index (κ2) is 6.55. The Bertz CT molecular complexity index is 504. The molecule has 1 aromatic carbocycles.